The molecule has 0 bridgehead atoms. The van der Waals surface area contributed by atoms with Gasteiger partial charge in [0.2, 0.25) is 15.9 Å². The van der Waals surface area contributed by atoms with Crippen molar-refractivity contribution in [1.29, 1.82) is 0 Å². The summed E-state index contributed by atoms with van der Waals surface area (Å²) in [4.78, 5) is 12.6. The molecule has 1 aromatic heterocycles. The van der Waals surface area contributed by atoms with Gasteiger partial charge in [0.25, 0.3) is 0 Å². The predicted octanol–water partition coefficient (Wildman–Crippen LogP) is 2.16. The van der Waals surface area contributed by atoms with Gasteiger partial charge in [-0.1, -0.05) is 25.5 Å². The first-order chi connectivity index (χ1) is 13.5. The van der Waals surface area contributed by atoms with Crippen LogP contribution >= 0.6 is 0 Å². The highest BCUT2D eigenvalue weighted by atomic mass is 32.2. The molecule has 0 aliphatic carbocycles. The van der Waals surface area contributed by atoms with Gasteiger partial charge in [-0.25, -0.2) is 13.1 Å². The van der Waals surface area contributed by atoms with Gasteiger partial charge in [0.15, 0.2) is 0 Å². The third kappa shape index (κ3) is 4.35. The maximum absolute atomic E-state index is 13.1. The number of hydrogen-bond donors (Lipinski definition) is 1. The van der Waals surface area contributed by atoms with Crippen LogP contribution in [0.4, 0.5) is 0 Å². The molecule has 1 aliphatic heterocycles. The molecule has 1 saturated heterocycles. The second-order valence-electron chi connectivity index (χ2n) is 7.31. The first-order valence-corrected chi connectivity index (χ1v) is 11.5. The number of fused-ring (bicyclic) bond motifs is 1. The first-order valence-electron chi connectivity index (χ1n) is 10.1. The number of carbonyl (C=O) groups excluding carboxylic acids is 1. The summed E-state index contributed by atoms with van der Waals surface area (Å²) in [7, 11) is -3.67. The maximum atomic E-state index is 13.1. The number of aromatic nitrogens is 3. The molecular weight excluding hydrogens is 378 g/mol. The van der Waals surface area contributed by atoms with Crippen molar-refractivity contribution in [2.24, 2.45) is 5.92 Å². The highest BCUT2D eigenvalue weighted by Gasteiger charge is 2.33. The average molecular weight is 408 g/mol. The Morgan fingerprint density at radius 3 is 2.86 bits per heavy atom. The molecule has 0 spiro atoms. The van der Waals surface area contributed by atoms with E-state index < -0.39 is 10.0 Å². The summed E-state index contributed by atoms with van der Waals surface area (Å²) in [6.07, 6.45) is 4.26. The van der Waals surface area contributed by atoms with E-state index in [9.17, 15) is 13.2 Å². The molecule has 28 heavy (non-hydrogen) atoms. The molecule has 0 radical (unpaired) electrons. The fraction of sp³-hybridized carbons (Fsp3) is 0.632. The lowest BCUT2D eigenvalue weighted by Gasteiger charge is -2.31. The SMILES string of the molecule is CCCCNC(=O)[C@H]1CCCN(S(=O)(=O)c2ccc3c(c2)nnn3CCC)C1. The molecule has 1 aliphatic rings. The molecule has 0 unspecified atom stereocenters. The molecule has 2 heterocycles. The molecule has 2 aromatic rings. The van der Waals surface area contributed by atoms with Gasteiger partial charge in [-0.3, -0.25) is 4.79 Å². The van der Waals surface area contributed by atoms with Gasteiger partial charge in [0.05, 0.1) is 16.3 Å². The van der Waals surface area contributed by atoms with Crippen molar-refractivity contribution in [3.63, 3.8) is 0 Å². The van der Waals surface area contributed by atoms with Gasteiger partial charge < -0.3 is 5.32 Å². The lowest BCUT2D eigenvalue weighted by atomic mass is 9.99. The van der Waals surface area contributed by atoms with Crippen LogP contribution in [-0.4, -0.2) is 53.3 Å². The van der Waals surface area contributed by atoms with Crippen LogP contribution in [-0.2, 0) is 21.4 Å². The number of benzene rings is 1. The van der Waals surface area contributed by atoms with Crippen LogP contribution < -0.4 is 5.32 Å². The molecule has 1 atom stereocenters. The van der Waals surface area contributed by atoms with E-state index in [1.54, 1.807) is 22.9 Å². The predicted molar refractivity (Wildman–Crippen MR) is 107 cm³/mol. The summed E-state index contributed by atoms with van der Waals surface area (Å²) in [5, 5.41) is 11.1. The van der Waals surface area contributed by atoms with E-state index in [-0.39, 0.29) is 23.3 Å². The van der Waals surface area contributed by atoms with Crippen molar-refractivity contribution >= 4 is 27.0 Å². The van der Waals surface area contributed by atoms with Gasteiger partial charge in [-0.15, -0.1) is 5.10 Å². The van der Waals surface area contributed by atoms with Crippen LogP contribution in [0.2, 0.25) is 0 Å². The van der Waals surface area contributed by atoms with E-state index in [1.165, 1.54) is 4.31 Å². The smallest absolute Gasteiger partial charge is 0.243 e. The topological polar surface area (TPSA) is 97.2 Å². The normalized spacial score (nSPS) is 18.4. The number of aryl methyl sites for hydroxylation is 1. The standard InChI is InChI=1S/C19H29N5O3S/c1-3-5-10-20-19(25)15-7-6-12-23(14-15)28(26,27)16-8-9-18-17(13-16)21-22-24(18)11-4-2/h8-9,13,15H,3-7,10-12,14H2,1-2H3,(H,20,25)/t15-/m0/s1. The zero-order chi connectivity index (χ0) is 20.1. The summed E-state index contributed by atoms with van der Waals surface area (Å²) < 4.78 is 29.5. The molecule has 1 fully saturated rings. The molecular formula is C19H29N5O3S. The zero-order valence-electron chi connectivity index (χ0n) is 16.6. The Morgan fingerprint density at radius 1 is 1.29 bits per heavy atom. The molecule has 1 amide bonds. The molecule has 9 heteroatoms. The van der Waals surface area contributed by atoms with Crippen molar-refractivity contribution in [3.05, 3.63) is 18.2 Å². The summed E-state index contributed by atoms with van der Waals surface area (Å²) >= 11 is 0. The van der Waals surface area contributed by atoms with Crippen LogP contribution in [0, 0.1) is 5.92 Å². The fourth-order valence-corrected chi connectivity index (χ4v) is 5.09. The highest BCUT2D eigenvalue weighted by Crippen LogP contribution is 2.26. The summed E-state index contributed by atoms with van der Waals surface area (Å²) in [6, 6.07) is 4.95. The van der Waals surface area contributed by atoms with Gasteiger partial charge in [-0.2, -0.15) is 4.31 Å². The minimum atomic E-state index is -3.67. The van der Waals surface area contributed by atoms with Gasteiger partial charge in [0, 0.05) is 26.2 Å². The third-order valence-corrected chi connectivity index (χ3v) is 7.00. The molecule has 0 saturated carbocycles. The Labute approximate surface area is 166 Å². The summed E-state index contributed by atoms with van der Waals surface area (Å²) in [5.74, 6) is -0.346. The Bertz CT molecular complexity index is 925. The van der Waals surface area contributed by atoms with E-state index in [4.69, 9.17) is 0 Å². The molecule has 154 valence electrons. The van der Waals surface area contributed by atoms with E-state index in [2.05, 4.69) is 29.5 Å². The van der Waals surface area contributed by atoms with Crippen LogP contribution in [0.3, 0.4) is 0 Å². The van der Waals surface area contributed by atoms with E-state index in [1.807, 2.05) is 0 Å². The van der Waals surface area contributed by atoms with Crippen molar-refractivity contribution in [2.45, 2.75) is 57.4 Å². The summed E-state index contributed by atoms with van der Waals surface area (Å²) in [6.45, 7) is 6.16. The Hall–Kier alpha value is -2.00. The number of carbonyl (C=O) groups is 1. The molecule has 1 aromatic carbocycles. The van der Waals surface area contributed by atoms with Crippen LogP contribution in [0.15, 0.2) is 23.1 Å². The second-order valence-corrected chi connectivity index (χ2v) is 9.25. The largest absolute Gasteiger partial charge is 0.356 e. The minimum Gasteiger partial charge on any atom is -0.356 e. The van der Waals surface area contributed by atoms with Crippen molar-refractivity contribution < 1.29 is 13.2 Å². The number of amides is 1. The lowest BCUT2D eigenvalue weighted by molar-refractivity contribution is -0.126. The number of rotatable bonds is 8. The number of unbranched alkanes of at least 4 members (excludes halogenated alkanes) is 1. The van der Waals surface area contributed by atoms with Crippen LogP contribution in [0.5, 0.6) is 0 Å². The maximum Gasteiger partial charge on any atom is 0.243 e. The van der Waals surface area contributed by atoms with Gasteiger partial charge in [-0.05, 0) is 43.9 Å². The minimum absolute atomic E-state index is 0.0497. The lowest BCUT2D eigenvalue weighted by Crippen LogP contribution is -2.45. The number of nitrogens with one attached hydrogen (secondary N) is 1. The Kier molecular flexibility index (Phi) is 6.66. The van der Waals surface area contributed by atoms with Gasteiger partial charge >= 0.3 is 0 Å². The van der Waals surface area contributed by atoms with Crippen LogP contribution in [0.25, 0.3) is 11.0 Å². The molecule has 1 N–H and O–H groups in total. The molecule has 3 rings (SSSR count). The monoisotopic (exact) mass is 407 g/mol. The van der Waals surface area contributed by atoms with E-state index in [0.717, 1.165) is 31.3 Å². The molecule has 8 nitrogen and oxygen atoms in total. The third-order valence-electron chi connectivity index (χ3n) is 5.14. The van der Waals surface area contributed by atoms with E-state index in [0.29, 0.717) is 31.4 Å². The zero-order valence-corrected chi connectivity index (χ0v) is 17.4. The number of sulfonamides is 1. The quantitative estimate of drug-likeness (QED) is 0.676. The van der Waals surface area contributed by atoms with Crippen LogP contribution in [0.1, 0.15) is 46.0 Å². The first kappa shape index (κ1) is 20.7. The Morgan fingerprint density at radius 2 is 2.11 bits per heavy atom. The number of piperidine rings is 1. The van der Waals surface area contributed by atoms with Crippen molar-refractivity contribution in [3.8, 4) is 0 Å². The fourth-order valence-electron chi connectivity index (χ4n) is 3.55. The summed E-state index contributed by atoms with van der Waals surface area (Å²) in [5.41, 5.74) is 1.40. The highest BCUT2D eigenvalue weighted by molar-refractivity contribution is 7.89. The van der Waals surface area contributed by atoms with Crippen molar-refractivity contribution in [1.82, 2.24) is 24.6 Å². The van der Waals surface area contributed by atoms with Gasteiger partial charge in [0.1, 0.15) is 5.52 Å². The second kappa shape index (κ2) is 9.00. The number of nitrogens with zero attached hydrogens (tertiary/aromatic N) is 4. The van der Waals surface area contributed by atoms with E-state index >= 15 is 0 Å². The Balaban J connectivity index is 1.76. The average Bonchev–Trinajstić information content (AvgIpc) is 3.11. The number of hydrogen-bond acceptors (Lipinski definition) is 5. The van der Waals surface area contributed by atoms with Crippen molar-refractivity contribution in [2.75, 3.05) is 19.6 Å².